The number of hydrogen-bond acceptors (Lipinski definition) is 2. The summed E-state index contributed by atoms with van der Waals surface area (Å²) in [6.07, 6.45) is 0. The zero-order chi connectivity index (χ0) is 13.4. The van der Waals surface area contributed by atoms with Gasteiger partial charge in [0.05, 0.1) is 0 Å². The fraction of sp³-hybridized carbons (Fsp3) is 0.375. The molecule has 0 fully saturated rings. The van der Waals surface area contributed by atoms with E-state index in [9.17, 15) is 9.59 Å². The highest BCUT2D eigenvalue weighted by Crippen LogP contribution is 2.33. The van der Waals surface area contributed by atoms with Crippen LogP contribution in [-0.2, 0) is 0 Å². The molecular weight excluding hydrogens is 224 g/mol. The topological polar surface area (TPSA) is 34.1 Å². The Hall–Kier alpha value is -1.70. The normalized spacial score (nSPS) is 15.7. The predicted molar refractivity (Wildman–Crippen MR) is 71.8 cm³/mol. The molecule has 1 aromatic rings. The summed E-state index contributed by atoms with van der Waals surface area (Å²) in [5.74, 6) is 0.187. The van der Waals surface area contributed by atoms with Crippen molar-refractivity contribution in [3.05, 3.63) is 46.5 Å². The molecule has 0 amide bonds. The highest BCUT2D eigenvalue weighted by Gasteiger charge is 2.33. The van der Waals surface area contributed by atoms with Crippen LogP contribution in [0.1, 0.15) is 48.4 Å². The summed E-state index contributed by atoms with van der Waals surface area (Å²) in [5.41, 5.74) is 2.48. The van der Waals surface area contributed by atoms with Gasteiger partial charge in [0.15, 0.2) is 11.6 Å². The molecule has 0 heterocycles. The largest absolute Gasteiger partial charge is 0.289 e. The van der Waals surface area contributed by atoms with Crippen LogP contribution >= 0.6 is 0 Å². The van der Waals surface area contributed by atoms with Crippen molar-refractivity contribution in [2.45, 2.75) is 27.7 Å². The van der Waals surface area contributed by atoms with Crippen LogP contribution in [0, 0.1) is 11.8 Å². The molecule has 0 radical (unpaired) electrons. The van der Waals surface area contributed by atoms with E-state index in [0.717, 1.165) is 0 Å². The number of ketones is 2. The second kappa shape index (κ2) is 4.52. The van der Waals surface area contributed by atoms with Gasteiger partial charge in [-0.15, -0.1) is 0 Å². The Kier molecular flexibility index (Phi) is 3.20. The molecule has 0 unspecified atom stereocenters. The van der Waals surface area contributed by atoms with Crippen LogP contribution in [-0.4, -0.2) is 11.6 Å². The van der Waals surface area contributed by atoms with Gasteiger partial charge in [-0.3, -0.25) is 9.59 Å². The minimum absolute atomic E-state index is 0.0175. The van der Waals surface area contributed by atoms with Gasteiger partial charge in [-0.25, -0.2) is 0 Å². The summed E-state index contributed by atoms with van der Waals surface area (Å²) in [5, 5.41) is 0. The van der Waals surface area contributed by atoms with Crippen molar-refractivity contribution in [3.8, 4) is 0 Å². The molecule has 2 heteroatoms. The van der Waals surface area contributed by atoms with Gasteiger partial charge < -0.3 is 0 Å². The van der Waals surface area contributed by atoms with Gasteiger partial charge >= 0.3 is 0 Å². The maximum absolute atomic E-state index is 12.5. The molecule has 0 aromatic heterocycles. The lowest BCUT2D eigenvalue weighted by Crippen LogP contribution is -2.27. The molecule has 0 saturated carbocycles. The number of rotatable bonds is 2. The lowest BCUT2D eigenvalue weighted by Gasteiger charge is -2.25. The van der Waals surface area contributed by atoms with Crippen molar-refractivity contribution in [3.63, 3.8) is 0 Å². The van der Waals surface area contributed by atoms with E-state index in [1.54, 1.807) is 12.1 Å². The second-order valence-electron chi connectivity index (χ2n) is 5.34. The van der Waals surface area contributed by atoms with Gasteiger partial charge in [0.25, 0.3) is 0 Å². The standard InChI is InChI=1S/C16H18O2/c1-9(2)13-14(10(3)4)16(18)12-8-6-5-7-11(12)15(13)17/h5-10H,1-4H3. The van der Waals surface area contributed by atoms with Crippen LogP contribution in [0.2, 0.25) is 0 Å². The van der Waals surface area contributed by atoms with Crippen molar-refractivity contribution in [2.24, 2.45) is 11.8 Å². The Bertz CT molecular complexity index is 499. The third kappa shape index (κ3) is 1.82. The van der Waals surface area contributed by atoms with E-state index in [1.165, 1.54) is 0 Å². The van der Waals surface area contributed by atoms with E-state index in [-0.39, 0.29) is 23.4 Å². The van der Waals surface area contributed by atoms with Crippen molar-refractivity contribution in [1.29, 1.82) is 0 Å². The van der Waals surface area contributed by atoms with E-state index in [2.05, 4.69) is 0 Å². The fourth-order valence-corrected chi connectivity index (χ4v) is 2.56. The molecule has 1 aliphatic carbocycles. The lowest BCUT2D eigenvalue weighted by molar-refractivity contribution is 0.0959. The minimum Gasteiger partial charge on any atom is -0.289 e. The molecule has 0 atom stereocenters. The fourth-order valence-electron chi connectivity index (χ4n) is 2.56. The summed E-state index contributed by atoms with van der Waals surface area (Å²) in [6, 6.07) is 7.11. The molecule has 1 aliphatic rings. The Labute approximate surface area is 108 Å². The van der Waals surface area contributed by atoms with Gasteiger partial charge in [0, 0.05) is 22.3 Å². The zero-order valence-electron chi connectivity index (χ0n) is 11.3. The lowest BCUT2D eigenvalue weighted by atomic mass is 9.76. The molecule has 2 rings (SSSR count). The number of Topliss-reactive ketones (excluding diaryl/α,β-unsaturated/α-hetero) is 2. The zero-order valence-corrected chi connectivity index (χ0v) is 11.3. The SMILES string of the molecule is CC(C)C1=C(C(C)C)C(=O)c2ccccc2C1=O. The summed E-state index contributed by atoms with van der Waals surface area (Å²) in [7, 11) is 0. The number of hydrogen-bond donors (Lipinski definition) is 0. The van der Waals surface area contributed by atoms with Gasteiger partial charge in [0.2, 0.25) is 0 Å². The Balaban J connectivity index is 2.72. The average molecular weight is 242 g/mol. The third-order valence-electron chi connectivity index (χ3n) is 3.35. The first kappa shape index (κ1) is 12.7. The van der Waals surface area contributed by atoms with Crippen molar-refractivity contribution in [1.82, 2.24) is 0 Å². The van der Waals surface area contributed by atoms with E-state index < -0.39 is 0 Å². The van der Waals surface area contributed by atoms with Crippen molar-refractivity contribution in [2.75, 3.05) is 0 Å². The molecule has 0 aliphatic heterocycles. The van der Waals surface area contributed by atoms with E-state index >= 15 is 0 Å². The second-order valence-corrected chi connectivity index (χ2v) is 5.34. The summed E-state index contributed by atoms with van der Waals surface area (Å²) in [4.78, 5) is 25.0. The number of allylic oxidation sites excluding steroid dienone is 2. The smallest absolute Gasteiger partial charge is 0.190 e. The van der Waals surface area contributed by atoms with Gasteiger partial charge in [-0.2, -0.15) is 0 Å². The number of benzene rings is 1. The van der Waals surface area contributed by atoms with Gasteiger partial charge in [-0.1, -0.05) is 52.0 Å². The molecule has 18 heavy (non-hydrogen) atoms. The average Bonchev–Trinajstić information content (AvgIpc) is 2.32. The molecule has 1 aromatic carbocycles. The van der Waals surface area contributed by atoms with E-state index in [4.69, 9.17) is 0 Å². The first-order valence-corrected chi connectivity index (χ1v) is 6.37. The highest BCUT2D eigenvalue weighted by molar-refractivity contribution is 6.27. The Morgan fingerprint density at radius 3 is 1.33 bits per heavy atom. The van der Waals surface area contributed by atoms with Crippen molar-refractivity contribution >= 4 is 11.6 Å². The van der Waals surface area contributed by atoms with Crippen LogP contribution in [0.15, 0.2) is 35.4 Å². The predicted octanol–water partition coefficient (Wildman–Crippen LogP) is 3.67. The van der Waals surface area contributed by atoms with Crippen LogP contribution < -0.4 is 0 Å². The number of carbonyl (C=O) groups excluding carboxylic acids is 2. The van der Waals surface area contributed by atoms with E-state index in [1.807, 2.05) is 39.8 Å². The first-order valence-electron chi connectivity index (χ1n) is 6.37. The number of carbonyl (C=O) groups is 2. The number of fused-ring (bicyclic) bond motifs is 1. The minimum atomic E-state index is 0.0175. The monoisotopic (exact) mass is 242 g/mol. The van der Waals surface area contributed by atoms with Crippen molar-refractivity contribution < 1.29 is 9.59 Å². The molecule has 0 spiro atoms. The van der Waals surface area contributed by atoms with Crippen LogP contribution in [0.25, 0.3) is 0 Å². The molecule has 0 saturated heterocycles. The van der Waals surface area contributed by atoms with Gasteiger partial charge in [-0.05, 0) is 11.8 Å². The maximum Gasteiger partial charge on any atom is 0.190 e. The summed E-state index contributed by atoms with van der Waals surface area (Å²) in [6.45, 7) is 7.88. The molecule has 94 valence electrons. The summed E-state index contributed by atoms with van der Waals surface area (Å²) >= 11 is 0. The maximum atomic E-state index is 12.5. The van der Waals surface area contributed by atoms with E-state index in [0.29, 0.717) is 22.3 Å². The Morgan fingerprint density at radius 1 is 0.722 bits per heavy atom. The highest BCUT2D eigenvalue weighted by atomic mass is 16.1. The quantitative estimate of drug-likeness (QED) is 0.792. The first-order chi connectivity index (χ1) is 8.45. The Morgan fingerprint density at radius 2 is 1.06 bits per heavy atom. The van der Waals surface area contributed by atoms with Gasteiger partial charge in [0.1, 0.15) is 0 Å². The molecule has 0 N–H and O–H groups in total. The molecule has 0 bridgehead atoms. The third-order valence-corrected chi connectivity index (χ3v) is 3.35. The van der Waals surface area contributed by atoms with Crippen LogP contribution in [0.4, 0.5) is 0 Å². The molecule has 2 nitrogen and oxygen atoms in total. The summed E-state index contributed by atoms with van der Waals surface area (Å²) < 4.78 is 0. The van der Waals surface area contributed by atoms with Crippen LogP contribution in [0.5, 0.6) is 0 Å². The van der Waals surface area contributed by atoms with Crippen LogP contribution in [0.3, 0.4) is 0 Å². The molecular formula is C16H18O2.